The van der Waals surface area contributed by atoms with Crippen LogP contribution in [-0.4, -0.2) is 37.2 Å². The highest BCUT2D eigenvalue weighted by molar-refractivity contribution is 7.89. The van der Waals surface area contributed by atoms with Crippen LogP contribution in [0.1, 0.15) is 36.2 Å². The van der Waals surface area contributed by atoms with Crippen molar-refractivity contribution in [3.8, 4) is 0 Å². The van der Waals surface area contributed by atoms with Gasteiger partial charge in [-0.15, -0.1) is 0 Å². The molecule has 0 bridgehead atoms. The fourth-order valence-corrected chi connectivity index (χ4v) is 3.69. The molecular formula is C12H17NO6S. The van der Waals surface area contributed by atoms with Crippen molar-refractivity contribution in [2.45, 2.75) is 36.8 Å². The monoisotopic (exact) mass is 303 g/mol. The van der Waals surface area contributed by atoms with Gasteiger partial charge in [-0.3, -0.25) is 0 Å². The van der Waals surface area contributed by atoms with Crippen LogP contribution < -0.4 is 4.72 Å². The molecule has 0 spiro atoms. The molecule has 1 aromatic rings. The van der Waals surface area contributed by atoms with Crippen molar-refractivity contribution < 1.29 is 27.8 Å². The molecule has 0 aromatic carbocycles. The van der Waals surface area contributed by atoms with E-state index in [0.717, 1.165) is 31.4 Å². The highest BCUT2D eigenvalue weighted by Gasteiger charge is 2.30. The second-order valence-corrected chi connectivity index (χ2v) is 6.52. The Hall–Kier alpha value is -1.38. The minimum absolute atomic E-state index is 0.0777. The van der Waals surface area contributed by atoms with Crippen LogP contribution in [0.5, 0.6) is 0 Å². The van der Waals surface area contributed by atoms with Crippen LogP contribution in [0.15, 0.2) is 21.6 Å². The summed E-state index contributed by atoms with van der Waals surface area (Å²) in [7, 11) is -3.91. The quantitative estimate of drug-likeness (QED) is 0.741. The second kappa shape index (κ2) is 5.94. The summed E-state index contributed by atoms with van der Waals surface area (Å²) in [6.45, 7) is -0.0777. The van der Waals surface area contributed by atoms with Crippen LogP contribution in [0.25, 0.3) is 0 Å². The van der Waals surface area contributed by atoms with Crippen LogP contribution in [0, 0.1) is 5.92 Å². The molecule has 0 aliphatic heterocycles. The van der Waals surface area contributed by atoms with E-state index in [9.17, 15) is 18.3 Å². The molecule has 1 aliphatic carbocycles. The molecule has 0 radical (unpaired) electrons. The Balaban J connectivity index is 2.15. The van der Waals surface area contributed by atoms with Gasteiger partial charge in [0.05, 0.1) is 0 Å². The highest BCUT2D eigenvalue weighted by atomic mass is 32.2. The molecule has 1 saturated carbocycles. The van der Waals surface area contributed by atoms with Gasteiger partial charge in [-0.25, -0.2) is 17.9 Å². The van der Waals surface area contributed by atoms with E-state index in [4.69, 9.17) is 9.52 Å². The van der Waals surface area contributed by atoms with Crippen molar-refractivity contribution in [1.29, 1.82) is 0 Å². The molecule has 2 atom stereocenters. The Morgan fingerprint density at radius 1 is 1.35 bits per heavy atom. The minimum atomic E-state index is -3.91. The predicted molar refractivity (Wildman–Crippen MR) is 68.8 cm³/mol. The van der Waals surface area contributed by atoms with Crippen molar-refractivity contribution in [1.82, 2.24) is 4.72 Å². The maximum absolute atomic E-state index is 12.1. The molecule has 1 heterocycles. The molecule has 2 rings (SSSR count). The third kappa shape index (κ3) is 3.20. The van der Waals surface area contributed by atoms with Gasteiger partial charge >= 0.3 is 5.97 Å². The highest BCUT2D eigenvalue weighted by Crippen LogP contribution is 2.25. The summed E-state index contributed by atoms with van der Waals surface area (Å²) >= 11 is 0. The van der Waals surface area contributed by atoms with Crippen molar-refractivity contribution >= 4 is 16.0 Å². The van der Waals surface area contributed by atoms with E-state index in [1.165, 1.54) is 0 Å². The van der Waals surface area contributed by atoms with Gasteiger partial charge in [0.25, 0.3) is 10.0 Å². The number of aliphatic hydroxyl groups excluding tert-OH is 1. The van der Waals surface area contributed by atoms with Gasteiger partial charge in [0.1, 0.15) is 0 Å². The third-order valence-corrected chi connectivity index (χ3v) is 4.87. The number of furan rings is 1. The van der Waals surface area contributed by atoms with E-state index in [2.05, 4.69) is 4.72 Å². The first-order valence-corrected chi connectivity index (χ1v) is 7.88. The van der Waals surface area contributed by atoms with Gasteiger partial charge in [0.15, 0.2) is 0 Å². The number of hydrogen-bond acceptors (Lipinski definition) is 5. The van der Waals surface area contributed by atoms with Gasteiger partial charge in [-0.2, -0.15) is 0 Å². The number of carboxylic acid groups (broad SMARTS) is 1. The first-order chi connectivity index (χ1) is 9.44. The molecule has 20 heavy (non-hydrogen) atoms. The first-order valence-electron chi connectivity index (χ1n) is 6.40. The van der Waals surface area contributed by atoms with Crippen molar-refractivity contribution in [3.63, 3.8) is 0 Å². The van der Waals surface area contributed by atoms with Crippen molar-refractivity contribution in [2.24, 2.45) is 5.92 Å². The summed E-state index contributed by atoms with van der Waals surface area (Å²) < 4.78 is 31.5. The SMILES string of the molecule is O=C(O)c1ccc(S(=O)(=O)NC2CCCCC2CO)o1. The van der Waals surface area contributed by atoms with Crippen LogP contribution in [0.4, 0.5) is 0 Å². The van der Waals surface area contributed by atoms with Crippen molar-refractivity contribution in [2.75, 3.05) is 6.61 Å². The molecule has 1 aromatic heterocycles. The van der Waals surface area contributed by atoms with Gasteiger partial charge in [-0.05, 0) is 30.9 Å². The topological polar surface area (TPSA) is 117 Å². The number of aliphatic hydroxyl groups is 1. The van der Waals surface area contributed by atoms with Crippen LogP contribution in [0.2, 0.25) is 0 Å². The predicted octanol–water partition coefficient (Wildman–Crippen LogP) is 0.807. The average molecular weight is 303 g/mol. The zero-order chi connectivity index (χ0) is 14.8. The Labute approximate surface area is 116 Å². The zero-order valence-corrected chi connectivity index (χ0v) is 11.6. The molecule has 1 aliphatic rings. The Kier molecular flexibility index (Phi) is 4.46. The lowest BCUT2D eigenvalue weighted by Gasteiger charge is -2.30. The molecular weight excluding hydrogens is 286 g/mol. The summed E-state index contributed by atoms with van der Waals surface area (Å²) in [5.41, 5.74) is 0. The number of rotatable bonds is 5. The number of aromatic carboxylic acids is 1. The molecule has 2 unspecified atom stereocenters. The molecule has 3 N–H and O–H groups in total. The van der Waals surface area contributed by atoms with E-state index < -0.39 is 26.8 Å². The fourth-order valence-electron chi connectivity index (χ4n) is 2.42. The zero-order valence-electron chi connectivity index (χ0n) is 10.8. The molecule has 0 saturated heterocycles. The number of sulfonamides is 1. The summed E-state index contributed by atoms with van der Waals surface area (Å²) in [4.78, 5) is 10.7. The smallest absolute Gasteiger partial charge is 0.371 e. The van der Waals surface area contributed by atoms with Gasteiger partial charge in [0, 0.05) is 12.6 Å². The number of carboxylic acids is 1. The largest absolute Gasteiger partial charge is 0.475 e. The Bertz CT molecular complexity index is 579. The lowest BCUT2D eigenvalue weighted by molar-refractivity contribution is 0.0656. The molecule has 0 amide bonds. The maximum atomic E-state index is 12.1. The maximum Gasteiger partial charge on any atom is 0.371 e. The molecule has 8 heteroatoms. The fraction of sp³-hybridized carbons (Fsp3) is 0.583. The summed E-state index contributed by atoms with van der Waals surface area (Å²) in [5, 5.41) is 17.6. The Morgan fingerprint density at radius 3 is 2.65 bits per heavy atom. The Morgan fingerprint density at radius 2 is 2.05 bits per heavy atom. The number of carbonyl (C=O) groups is 1. The average Bonchev–Trinajstić information content (AvgIpc) is 2.89. The summed E-state index contributed by atoms with van der Waals surface area (Å²) in [6.07, 6.45) is 3.27. The standard InChI is InChI=1S/C12H17NO6S/c14-7-8-3-1-2-4-9(8)13-20(17,18)11-6-5-10(19-11)12(15)16/h5-6,8-9,13-14H,1-4,7H2,(H,15,16). The lowest BCUT2D eigenvalue weighted by atomic mass is 9.86. The van der Waals surface area contributed by atoms with E-state index in [0.29, 0.717) is 6.42 Å². The first kappa shape index (κ1) is 15.0. The van der Waals surface area contributed by atoms with Crippen LogP contribution in [0.3, 0.4) is 0 Å². The van der Waals surface area contributed by atoms with Gasteiger partial charge in [-0.1, -0.05) is 12.8 Å². The number of nitrogens with one attached hydrogen (secondary N) is 1. The third-order valence-electron chi connectivity index (χ3n) is 3.51. The number of hydrogen-bond donors (Lipinski definition) is 3. The lowest BCUT2D eigenvalue weighted by Crippen LogP contribution is -2.43. The normalized spacial score (nSPS) is 23.6. The van der Waals surface area contributed by atoms with Crippen LogP contribution >= 0.6 is 0 Å². The van der Waals surface area contributed by atoms with E-state index in [1.54, 1.807) is 0 Å². The summed E-state index contributed by atoms with van der Waals surface area (Å²) in [6, 6.07) is 1.86. The van der Waals surface area contributed by atoms with Crippen LogP contribution in [-0.2, 0) is 10.0 Å². The minimum Gasteiger partial charge on any atom is -0.475 e. The molecule has 7 nitrogen and oxygen atoms in total. The van der Waals surface area contributed by atoms with Gasteiger partial charge in [0.2, 0.25) is 10.9 Å². The van der Waals surface area contributed by atoms with E-state index in [-0.39, 0.29) is 18.6 Å². The van der Waals surface area contributed by atoms with E-state index >= 15 is 0 Å². The van der Waals surface area contributed by atoms with E-state index in [1.807, 2.05) is 0 Å². The van der Waals surface area contributed by atoms with Gasteiger partial charge < -0.3 is 14.6 Å². The second-order valence-electron chi connectivity index (χ2n) is 4.88. The van der Waals surface area contributed by atoms with Crippen molar-refractivity contribution in [3.05, 3.63) is 17.9 Å². The molecule has 1 fully saturated rings. The molecule has 112 valence electrons. The summed E-state index contributed by atoms with van der Waals surface area (Å²) in [5.74, 6) is -1.86.